The average Bonchev–Trinajstić information content (AvgIpc) is 2.29. The first-order chi connectivity index (χ1) is 8.44. The van der Waals surface area contributed by atoms with Crippen LogP contribution in [-0.2, 0) is 4.74 Å². The van der Waals surface area contributed by atoms with Crippen LogP contribution in [0.25, 0.3) is 0 Å². The number of benzene rings is 1. The Morgan fingerprint density at radius 1 is 1.28 bits per heavy atom. The molecule has 0 spiro atoms. The molecule has 0 aromatic heterocycles. The first kappa shape index (κ1) is 15.8. The lowest BCUT2D eigenvalue weighted by atomic mass is 9.98. The van der Waals surface area contributed by atoms with Crippen molar-refractivity contribution in [2.75, 3.05) is 19.1 Å². The first-order valence-electron chi connectivity index (χ1n) is 5.39. The van der Waals surface area contributed by atoms with E-state index in [0.29, 0.717) is 12.3 Å². The Labute approximate surface area is 117 Å². The number of hydrogen-bond acceptors (Lipinski definition) is 1. The Kier molecular flexibility index (Phi) is 6.46. The van der Waals surface area contributed by atoms with Crippen LogP contribution in [-0.4, -0.2) is 25.3 Å². The minimum absolute atomic E-state index is 0.0181. The van der Waals surface area contributed by atoms with Crippen LogP contribution in [0.15, 0.2) is 28.7 Å². The van der Waals surface area contributed by atoms with E-state index in [0.717, 1.165) is 10.0 Å². The van der Waals surface area contributed by atoms with Crippen molar-refractivity contribution in [3.05, 3.63) is 34.3 Å². The van der Waals surface area contributed by atoms with Gasteiger partial charge in [-0.3, -0.25) is 0 Å². The third-order valence-electron chi connectivity index (χ3n) is 2.41. The SMILES string of the molecule is FC(F)(F)COCCC(CCl)c1ccccc1Br. The monoisotopic (exact) mass is 344 g/mol. The summed E-state index contributed by atoms with van der Waals surface area (Å²) < 4.78 is 41.2. The molecule has 0 radical (unpaired) electrons. The van der Waals surface area contributed by atoms with Crippen molar-refractivity contribution in [1.29, 1.82) is 0 Å². The van der Waals surface area contributed by atoms with E-state index in [4.69, 9.17) is 11.6 Å². The molecule has 18 heavy (non-hydrogen) atoms. The van der Waals surface area contributed by atoms with Gasteiger partial charge in [0.25, 0.3) is 0 Å². The van der Waals surface area contributed by atoms with Gasteiger partial charge in [0.1, 0.15) is 6.61 Å². The molecule has 1 rings (SSSR count). The number of ether oxygens (including phenoxy) is 1. The molecule has 0 saturated heterocycles. The van der Waals surface area contributed by atoms with Gasteiger partial charge in [0.15, 0.2) is 0 Å². The van der Waals surface area contributed by atoms with Gasteiger partial charge in [-0.2, -0.15) is 13.2 Å². The Morgan fingerprint density at radius 2 is 1.94 bits per heavy atom. The molecule has 0 aliphatic heterocycles. The molecule has 0 N–H and O–H groups in total. The summed E-state index contributed by atoms with van der Waals surface area (Å²) in [6.07, 6.45) is -3.81. The van der Waals surface area contributed by atoms with Crippen LogP contribution < -0.4 is 0 Å². The largest absolute Gasteiger partial charge is 0.411 e. The third kappa shape index (κ3) is 5.59. The summed E-state index contributed by atoms with van der Waals surface area (Å²) in [6, 6.07) is 7.53. The van der Waals surface area contributed by atoms with E-state index in [1.54, 1.807) is 0 Å². The minimum atomic E-state index is -4.27. The summed E-state index contributed by atoms with van der Waals surface area (Å²) >= 11 is 9.24. The summed E-state index contributed by atoms with van der Waals surface area (Å²) in [7, 11) is 0. The van der Waals surface area contributed by atoms with Crippen molar-refractivity contribution >= 4 is 27.5 Å². The lowest BCUT2D eigenvalue weighted by molar-refractivity contribution is -0.174. The molecule has 1 unspecified atom stereocenters. The van der Waals surface area contributed by atoms with Gasteiger partial charge in [0.2, 0.25) is 0 Å². The molecule has 0 bridgehead atoms. The van der Waals surface area contributed by atoms with Crippen LogP contribution in [0.4, 0.5) is 13.2 Å². The normalized spacial score (nSPS) is 13.6. The van der Waals surface area contributed by atoms with Crippen LogP contribution in [0, 0.1) is 0 Å². The summed E-state index contributed by atoms with van der Waals surface area (Å²) in [6.45, 7) is -1.17. The van der Waals surface area contributed by atoms with E-state index < -0.39 is 12.8 Å². The topological polar surface area (TPSA) is 9.23 Å². The van der Waals surface area contributed by atoms with Gasteiger partial charge in [0, 0.05) is 22.9 Å². The predicted octanol–water partition coefficient (Wildman–Crippen LogP) is 4.74. The van der Waals surface area contributed by atoms with E-state index in [-0.39, 0.29) is 12.5 Å². The maximum absolute atomic E-state index is 11.9. The molecule has 0 aliphatic carbocycles. The van der Waals surface area contributed by atoms with E-state index in [9.17, 15) is 13.2 Å². The van der Waals surface area contributed by atoms with E-state index in [1.165, 1.54) is 0 Å². The molecule has 0 fully saturated rings. The molecule has 1 nitrogen and oxygen atoms in total. The first-order valence-corrected chi connectivity index (χ1v) is 6.71. The van der Waals surface area contributed by atoms with Gasteiger partial charge in [-0.1, -0.05) is 34.1 Å². The third-order valence-corrected chi connectivity index (χ3v) is 3.50. The highest BCUT2D eigenvalue weighted by atomic mass is 79.9. The maximum atomic E-state index is 11.9. The molecule has 1 aromatic rings. The van der Waals surface area contributed by atoms with Crippen molar-refractivity contribution in [2.24, 2.45) is 0 Å². The fourth-order valence-electron chi connectivity index (χ4n) is 1.54. The quantitative estimate of drug-likeness (QED) is 0.534. The van der Waals surface area contributed by atoms with E-state index >= 15 is 0 Å². The van der Waals surface area contributed by atoms with Crippen LogP contribution in [0.5, 0.6) is 0 Å². The molecular weight excluding hydrogens is 332 g/mol. The molecule has 6 heteroatoms. The number of rotatable bonds is 6. The predicted molar refractivity (Wildman–Crippen MR) is 69.1 cm³/mol. The summed E-state index contributed by atoms with van der Waals surface area (Å²) in [5, 5.41) is 0. The average molecular weight is 346 g/mol. The molecular formula is C12H13BrClF3O. The second-order valence-electron chi connectivity index (χ2n) is 3.83. The molecule has 1 atom stereocenters. The second kappa shape index (κ2) is 7.36. The lowest BCUT2D eigenvalue weighted by Gasteiger charge is -2.16. The summed E-state index contributed by atoms with van der Waals surface area (Å²) in [5.41, 5.74) is 0.989. The van der Waals surface area contributed by atoms with Crippen LogP contribution >= 0.6 is 27.5 Å². The Hall–Kier alpha value is -0.260. The minimum Gasteiger partial charge on any atom is -0.372 e. The molecule has 0 amide bonds. The standard InChI is InChI=1S/C12H13BrClF3O/c13-11-4-2-1-3-10(11)9(7-14)5-6-18-8-12(15,16)17/h1-4,9H,5-8H2. The van der Waals surface area contributed by atoms with E-state index in [1.807, 2.05) is 24.3 Å². The van der Waals surface area contributed by atoms with Crippen molar-refractivity contribution in [1.82, 2.24) is 0 Å². The van der Waals surface area contributed by atoms with Gasteiger partial charge in [-0.05, 0) is 18.1 Å². The summed E-state index contributed by atoms with van der Waals surface area (Å²) in [5.74, 6) is 0.327. The summed E-state index contributed by atoms with van der Waals surface area (Å²) in [4.78, 5) is 0. The van der Waals surface area contributed by atoms with Crippen molar-refractivity contribution in [3.8, 4) is 0 Å². The van der Waals surface area contributed by atoms with Crippen molar-refractivity contribution in [3.63, 3.8) is 0 Å². The van der Waals surface area contributed by atoms with Crippen LogP contribution in [0.3, 0.4) is 0 Å². The molecule has 102 valence electrons. The fraction of sp³-hybridized carbons (Fsp3) is 0.500. The van der Waals surface area contributed by atoms with Gasteiger partial charge in [-0.25, -0.2) is 0 Å². The number of alkyl halides is 4. The zero-order valence-electron chi connectivity index (χ0n) is 9.51. The van der Waals surface area contributed by atoms with Gasteiger partial charge >= 0.3 is 6.18 Å². The van der Waals surface area contributed by atoms with Crippen LogP contribution in [0.1, 0.15) is 17.9 Å². The highest BCUT2D eigenvalue weighted by Gasteiger charge is 2.27. The van der Waals surface area contributed by atoms with Gasteiger partial charge in [0.05, 0.1) is 0 Å². The second-order valence-corrected chi connectivity index (χ2v) is 4.99. The maximum Gasteiger partial charge on any atom is 0.411 e. The number of halogens is 5. The highest BCUT2D eigenvalue weighted by molar-refractivity contribution is 9.10. The Bertz CT molecular complexity index is 371. The van der Waals surface area contributed by atoms with E-state index in [2.05, 4.69) is 20.7 Å². The van der Waals surface area contributed by atoms with Gasteiger partial charge in [-0.15, -0.1) is 11.6 Å². The Balaban J connectivity index is 2.46. The lowest BCUT2D eigenvalue weighted by Crippen LogP contribution is -2.18. The fourth-order valence-corrected chi connectivity index (χ4v) is 2.46. The smallest absolute Gasteiger partial charge is 0.372 e. The molecule has 0 aliphatic rings. The molecule has 0 saturated carbocycles. The van der Waals surface area contributed by atoms with Gasteiger partial charge < -0.3 is 4.74 Å². The molecule has 0 heterocycles. The van der Waals surface area contributed by atoms with Crippen molar-refractivity contribution in [2.45, 2.75) is 18.5 Å². The Morgan fingerprint density at radius 3 is 2.50 bits per heavy atom. The van der Waals surface area contributed by atoms with Crippen molar-refractivity contribution < 1.29 is 17.9 Å². The molecule has 1 aromatic carbocycles. The van der Waals surface area contributed by atoms with Crippen LogP contribution in [0.2, 0.25) is 0 Å². The highest BCUT2D eigenvalue weighted by Crippen LogP contribution is 2.28. The zero-order valence-corrected chi connectivity index (χ0v) is 11.9. The number of hydrogen-bond donors (Lipinski definition) is 0. The zero-order chi connectivity index (χ0) is 13.6.